The Hall–Kier alpha value is -0.350. The highest BCUT2D eigenvalue weighted by Gasteiger charge is 2.22. The summed E-state index contributed by atoms with van der Waals surface area (Å²) in [6, 6.07) is 0.583. The molecule has 1 unspecified atom stereocenters. The fraction of sp³-hybridized carbons (Fsp3) is 0.812. The van der Waals surface area contributed by atoms with Crippen molar-refractivity contribution in [1.82, 2.24) is 15.1 Å². The molecule has 1 aliphatic carbocycles. The van der Waals surface area contributed by atoms with Crippen molar-refractivity contribution in [1.29, 1.82) is 0 Å². The van der Waals surface area contributed by atoms with Gasteiger partial charge in [0.1, 0.15) is 0 Å². The molecule has 1 heterocycles. The van der Waals surface area contributed by atoms with Crippen LogP contribution in [0.15, 0.2) is 4.47 Å². The average molecular weight is 342 g/mol. The van der Waals surface area contributed by atoms with Crippen LogP contribution in [-0.2, 0) is 19.9 Å². The van der Waals surface area contributed by atoms with Gasteiger partial charge in [-0.15, -0.1) is 0 Å². The highest BCUT2D eigenvalue weighted by Crippen LogP contribution is 2.30. The molecule has 1 fully saturated rings. The first kappa shape index (κ1) is 16.0. The number of nitrogens with zero attached hydrogens (tertiary/aromatic N) is 2. The second-order valence-electron chi connectivity index (χ2n) is 6.03. The predicted molar refractivity (Wildman–Crippen MR) is 88.0 cm³/mol. The van der Waals surface area contributed by atoms with Crippen molar-refractivity contribution < 1.29 is 0 Å². The van der Waals surface area contributed by atoms with Gasteiger partial charge in [-0.25, -0.2) is 0 Å². The number of hydrogen-bond donors (Lipinski definition) is 1. The third-order valence-corrected chi connectivity index (χ3v) is 5.44. The first-order valence-electron chi connectivity index (χ1n) is 8.09. The molecule has 1 atom stereocenters. The Balaban J connectivity index is 2.04. The molecule has 1 aromatic heterocycles. The van der Waals surface area contributed by atoms with Crippen LogP contribution < -0.4 is 5.32 Å². The summed E-state index contributed by atoms with van der Waals surface area (Å²) in [6.45, 7) is 5.42. The van der Waals surface area contributed by atoms with Crippen LogP contribution in [0.1, 0.15) is 57.3 Å². The van der Waals surface area contributed by atoms with Crippen molar-refractivity contribution in [2.24, 2.45) is 13.0 Å². The van der Waals surface area contributed by atoms with Gasteiger partial charge >= 0.3 is 0 Å². The van der Waals surface area contributed by atoms with E-state index in [0.717, 1.165) is 25.3 Å². The van der Waals surface area contributed by atoms with Gasteiger partial charge in [0.05, 0.1) is 15.9 Å². The minimum absolute atomic E-state index is 0.583. The van der Waals surface area contributed by atoms with Crippen molar-refractivity contribution in [2.45, 2.75) is 64.8 Å². The molecular weight excluding hydrogens is 314 g/mol. The lowest BCUT2D eigenvalue weighted by Gasteiger charge is -2.21. The van der Waals surface area contributed by atoms with Crippen LogP contribution in [0.2, 0.25) is 0 Å². The van der Waals surface area contributed by atoms with Gasteiger partial charge < -0.3 is 5.32 Å². The molecule has 0 aromatic carbocycles. The zero-order valence-electron chi connectivity index (χ0n) is 13.1. The number of aryl methyl sites for hydroxylation is 2. The normalized spacial score (nSPS) is 17.8. The SMILES string of the molecule is CCNC(Cc1c(Br)c(CC)nn1C)CC1CCCC1. The molecule has 20 heavy (non-hydrogen) atoms. The monoisotopic (exact) mass is 341 g/mol. The molecule has 1 aromatic rings. The molecule has 1 aliphatic rings. The molecule has 3 nitrogen and oxygen atoms in total. The zero-order valence-corrected chi connectivity index (χ0v) is 14.7. The van der Waals surface area contributed by atoms with Gasteiger partial charge in [-0.05, 0) is 41.2 Å². The van der Waals surface area contributed by atoms with Gasteiger partial charge in [0.25, 0.3) is 0 Å². The summed E-state index contributed by atoms with van der Waals surface area (Å²) in [6.07, 6.45) is 9.09. The summed E-state index contributed by atoms with van der Waals surface area (Å²) in [7, 11) is 2.07. The lowest BCUT2D eigenvalue weighted by atomic mass is 9.95. The van der Waals surface area contributed by atoms with Crippen LogP contribution >= 0.6 is 15.9 Å². The summed E-state index contributed by atoms with van der Waals surface area (Å²) in [5.41, 5.74) is 2.52. The minimum Gasteiger partial charge on any atom is -0.314 e. The third kappa shape index (κ3) is 3.85. The van der Waals surface area contributed by atoms with E-state index in [1.165, 1.54) is 48.0 Å². The van der Waals surface area contributed by atoms with Crippen molar-refractivity contribution >= 4 is 15.9 Å². The summed E-state index contributed by atoms with van der Waals surface area (Å²) in [5.74, 6) is 0.927. The first-order valence-corrected chi connectivity index (χ1v) is 8.88. The third-order valence-electron chi connectivity index (χ3n) is 4.53. The maximum absolute atomic E-state index is 4.62. The molecule has 0 saturated heterocycles. The number of halogens is 1. The molecule has 0 radical (unpaired) electrons. The second kappa shape index (κ2) is 7.60. The first-order chi connectivity index (χ1) is 9.65. The Kier molecular flexibility index (Phi) is 6.09. The Bertz CT molecular complexity index is 422. The van der Waals surface area contributed by atoms with E-state index < -0.39 is 0 Å². The summed E-state index contributed by atoms with van der Waals surface area (Å²) < 4.78 is 3.28. The van der Waals surface area contributed by atoms with E-state index in [2.05, 4.69) is 51.9 Å². The average Bonchev–Trinajstić information content (AvgIpc) is 3.02. The second-order valence-corrected chi connectivity index (χ2v) is 6.82. The number of rotatable bonds is 7. The lowest BCUT2D eigenvalue weighted by Crippen LogP contribution is -2.33. The fourth-order valence-electron chi connectivity index (χ4n) is 3.45. The van der Waals surface area contributed by atoms with Crippen molar-refractivity contribution in [2.75, 3.05) is 6.54 Å². The molecule has 4 heteroatoms. The quantitative estimate of drug-likeness (QED) is 0.816. The van der Waals surface area contributed by atoms with Crippen LogP contribution in [-0.4, -0.2) is 22.4 Å². The van der Waals surface area contributed by atoms with Gasteiger partial charge in [0.15, 0.2) is 0 Å². The Morgan fingerprint density at radius 3 is 2.60 bits per heavy atom. The molecular formula is C16H28BrN3. The van der Waals surface area contributed by atoms with Gasteiger partial charge in [-0.3, -0.25) is 4.68 Å². The van der Waals surface area contributed by atoms with Crippen LogP contribution in [0.25, 0.3) is 0 Å². The van der Waals surface area contributed by atoms with Gasteiger partial charge in [-0.1, -0.05) is 39.5 Å². The van der Waals surface area contributed by atoms with E-state index in [1.54, 1.807) is 0 Å². The molecule has 1 N–H and O–H groups in total. The molecule has 1 saturated carbocycles. The molecule has 0 spiro atoms. The topological polar surface area (TPSA) is 29.9 Å². The van der Waals surface area contributed by atoms with Gasteiger partial charge in [0, 0.05) is 19.5 Å². The van der Waals surface area contributed by atoms with Gasteiger partial charge in [-0.2, -0.15) is 5.10 Å². The molecule has 0 bridgehead atoms. The maximum atomic E-state index is 4.62. The smallest absolute Gasteiger partial charge is 0.0766 e. The summed E-state index contributed by atoms with van der Waals surface area (Å²) in [5, 5.41) is 8.29. The Morgan fingerprint density at radius 2 is 2.05 bits per heavy atom. The van der Waals surface area contributed by atoms with Crippen molar-refractivity contribution in [3.8, 4) is 0 Å². The maximum Gasteiger partial charge on any atom is 0.0766 e. The molecule has 114 valence electrons. The van der Waals surface area contributed by atoms with E-state index in [0.29, 0.717) is 6.04 Å². The number of hydrogen-bond acceptors (Lipinski definition) is 2. The summed E-state index contributed by atoms with van der Waals surface area (Å²) in [4.78, 5) is 0. The van der Waals surface area contributed by atoms with E-state index in [9.17, 15) is 0 Å². The highest BCUT2D eigenvalue weighted by atomic mass is 79.9. The predicted octanol–water partition coefficient (Wildman–Crippen LogP) is 3.85. The largest absolute Gasteiger partial charge is 0.314 e. The number of nitrogens with one attached hydrogen (secondary N) is 1. The van der Waals surface area contributed by atoms with Crippen LogP contribution in [0.5, 0.6) is 0 Å². The minimum atomic E-state index is 0.583. The Morgan fingerprint density at radius 1 is 1.35 bits per heavy atom. The van der Waals surface area contributed by atoms with E-state index >= 15 is 0 Å². The standard InChI is InChI=1S/C16H28BrN3/c1-4-14-16(17)15(20(3)19-14)11-13(18-5-2)10-12-8-6-7-9-12/h12-13,18H,4-11H2,1-3H3. The van der Waals surface area contributed by atoms with E-state index in [-0.39, 0.29) is 0 Å². The Labute approximate surface area is 131 Å². The lowest BCUT2D eigenvalue weighted by molar-refractivity contribution is 0.384. The fourth-order valence-corrected chi connectivity index (χ4v) is 4.23. The van der Waals surface area contributed by atoms with Crippen molar-refractivity contribution in [3.63, 3.8) is 0 Å². The number of aromatic nitrogens is 2. The van der Waals surface area contributed by atoms with Crippen LogP contribution in [0.3, 0.4) is 0 Å². The van der Waals surface area contributed by atoms with E-state index in [1.807, 2.05) is 0 Å². The molecule has 0 aliphatic heterocycles. The van der Waals surface area contributed by atoms with Crippen LogP contribution in [0.4, 0.5) is 0 Å². The van der Waals surface area contributed by atoms with Crippen molar-refractivity contribution in [3.05, 3.63) is 15.9 Å². The number of likely N-dealkylation sites (N-methyl/N-ethyl adjacent to an activating group) is 1. The summed E-state index contributed by atoms with van der Waals surface area (Å²) >= 11 is 3.74. The van der Waals surface area contributed by atoms with E-state index in [4.69, 9.17) is 0 Å². The highest BCUT2D eigenvalue weighted by molar-refractivity contribution is 9.10. The van der Waals surface area contributed by atoms with Gasteiger partial charge in [0.2, 0.25) is 0 Å². The molecule has 2 rings (SSSR count). The molecule has 0 amide bonds. The zero-order chi connectivity index (χ0) is 14.5. The van der Waals surface area contributed by atoms with Crippen LogP contribution in [0, 0.1) is 5.92 Å².